The minimum absolute atomic E-state index is 0.106. The number of alkyl halides is 3. The third-order valence-corrected chi connectivity index (χ3v) is 2.56. The van der Waals surface area contributed by atoms with Crippen molar-refractivity contribution in [2.75, 3.05) is 5.73 Å². The van der Waals surface area contributed by atoms with Crippen LogP contribution in [0, 0.1) is 0 Å². The third-order valence-electron chi connectivity index (χ3n) is 2.56. The smallest absolute Gasteiger partial charge is 0.384 e. The van der Waals surface area contributed by atoms with Crippen molar-refractivity contribution in [2.24, 2.45) is 0 Å². The van der Waals surface area contributed by atoms with Crippen LogP contribution < -0.4 is 11.1 Å². The molecule has 2 aromatic heterocycles. The molecule has 2 aromatic rings. The van der Waals surface area contributed by atoms with Crippen molar-refractivity contribution in [3.8, 4) is 5.82 Å². The first-order chi connectivity index (χ1) is 10.6. The number of nitrogens with two attached hydrogens (primary N) is 1. The highest BCUT2D eigenvalue weighted by atomic mass is 19.4. The van der Waals surface area contributed by atoms with Crippen molar-refractivity contribution in [1.29, 1.82) is 0 Å². The van der Waals surface area contributed by atoms with E-state index in [1.807, 2.05) is 0 Å². The average molecular weight is 329 g/mol. The predicted octanol–water partition coefficient (Wildman–Crippen LogP) is 3.26. The lowest BCUT2D eigenvalue weighted by atomic mass is 10.3. The number of hydrogen-bond acceptors (Lipinski definition) is 4. The molecule has 0 aliphatic rings. The Morgan fingerprint density at radius 3 is 2.09 bits per heavy atom. The zero-order valence-corrected chi connectivity index (χ0v) is 13.6. The van der Waals surface area contributed by atoms with Gasteiger partial charge in [-0.25, -0.2) is 4.98 Å². The third kappa shape index (κ3) is 6.27. The lowest BCUT2D eigenvalue weighted by Gasteiger charge is -2.10. The van der Waals surface area contributed by atoms with Gasteiger partial charge in [-0.1, -0.05) is 33.8 Å². The number of hydrogen-bond donors (Lipinski definition) is 2. The highest BCUT2D eigenvalue weighted by molar-refractivity contribution is 5.39. The number of aromatic nitrogens is 3. The van der Waals surface area contributed by atoms with E-state index in [1.54, 1.807) is 12.1 Å². The van der Waals surface area contributed by atoms with E-state index < -0.39 is 11.9 Å². The second-order valence-corrected chi connectivity index (χ2v) is 5.53. The van der Waals surface area contributed by atoms with Gasteiger partial charge in [-0.05, 0) is 12.1 Å². The van der Waals surface area contributed by atoms with Crippen LogP contribution in [0.15, 0.2) is 30.5 Å². The fraction of sp³-hybridized carbons (Fsp3) is 0.467. The van der Waals surface area contributed by atoms with Crippen LogP contribution in [-0.2, 0) is 6.18 Å². The molecular weight excluding hydrogens is 307 g/mol. The number of nitrogen functional groups attached to an aromatic ring is 1. The molecule has 0 saturated carbocycles. The van der Waals surface area contributed by atoms with E-state index in [0.717, 1.165) is 10.7 Å². The molecule has 0 amide bonds. The zero-order valence-electron chi connectivity index (χ0n) is 13.6. The van der Waals surface area contributed by atoms with E-state index >= 15 is 0 Å². The van der Waals surface area contributed by atoms with Gasteiger partial charge in [0.15, 0.2) is 11.5 Å². The van der Waals surface area contributed by atoms with E-state index in [4.69, 9.17) is 5.73 Å². The van der Waals surface area contributed by atoms with Gasteiger partial charge in [0.05, 0.1) is 0 Å². The van der Waals surface area contributed by atoms with Gasteiger partial charge in [0, 0.05) is 24.3 Å². The van der Waals surface area contributed by atoms with Gasteiger partial charge in [0.25, 0.3) is 0 Å². The van der Waals surface area contributed by atoms with Crippen molar-refractivity contribution < 1.29 is 13.2 Å². The number of nitrogens with one attached hydrogen (secondary N) is 1. The molecule has 2 heterocycles. The van der Waals surface area contributed by atoms with Crippen molar-refractivity contribution >= 4 is 5.82 Å². The Bertz CT molecular complexity index is 585. The number of pyridine rings is 1. The summed E-state index contributed by atoms with van der Waals surface area (Å²) in [5, 5.41) is 6.66. The Hall–Kier alpha value is -2.09. The molecule has 0 bridgehead atoms. The summed E-state index contributed by atoms with van der Waals surface area (Å²) in [5.74, 6) is 0.140. The first-order valence-electron chi connectivity index (χ1n) is 7.21. The molecule has 0 unspecified atom stereocenters. The molecule has 0 aromatic carbocycles. The predicted molar refractivity (Wildman–Crippen MR) is 84.2 cm³/mol. The molecule has 23 heavy (non-hydrogen) atoms. The summed E-state index contributed by atoms with van der Waals surface area (Å²) >= 11 is 0. The zero-order chi connectivity index (χ0) is 17.6. The minimum Gasteiger partial charge on any atom is -0.384 e. The van der Waals surface area contributed by atoms with Crippen LogP contribution in [0.2, 0.25) is 0 Å². The summed E-state index contributed by atoms with van der Waals surface area (Å²) in [4.78, 5) is 3.86. The lowest BCUT2D eigenvalue weighted by molar-refractivity contribution is -0.141. The van der Waals surface area contributed by atoms with Crippen molar-refractivity contribution in [3.63, 3.8) is 0 Å². The maximum absolute atomic E-state index is 12.3. The highest BCUT2D eigenvalue weighted by Crippen LogP contribution is 2.29. The lowest BCUT2D eigenvalue weighted by Crippen LogP contribution is -2.29. The standard InChI is InChI=1S/C9H7F3N4.C6H15N/c10-9(11,12)6-5-7(13)16(15-6)8-3-1-2-4-14-8;1-5(2)7-6(3)4/h1-5H,13H2;5-7H,1-4H3. The molecular formula is C15H22F3N5. The monoisotopic (exact) mass is 329 g/mol. The van der Waals surface area contributed by atoms with Gasteiger partial charge >= 0.3 is 6.18 Å². The first kappa shape index (κ1) is 19.0. The van der Waals surface area contributed by atoms with Crippen LogP contribution in [0.5, 0.6) is 0 Å². The Morgan fingerprint density at radius 2 is 1.74 bits per heavy atom. The van der Waals surface area contributed by atoms with Crippen LogP contribution in [0.25, 0.3) is 5.82 Å². The summed E-state index contributed by atoms with van der Waals surface area (Å²) in [7, 11) is 0. The van der Waals surface area contributed by atoms with Crippen LogP contribution in [-0.4, -0.2) is 26.8 Å². The van der Waals surface area contributed by atoms with Crippen molar-refractivity contribution in [3.05, 3.63) is 36.2 Å². The number of halogens is 3. The fourth-order valence-corrected chi connectivity index (χ4v) is 1.86. The summed E-state index contributed by atoms with van der Waals surface area (Å²) in [6.07, 6.45) is -3.06. The molecule has 2 rings (SSSR count). The maximum Gasteiger partial charge on any atom is 0.435 e. The number of rotatable bonds is 3. The molecule has 5 nitrogen and oxygen atoms in total. The van der Waals surface area contributed by atoms with Crippen LogP contribution >= 0.6 is 0 Å². The van der Waals surface area contributed by atoms with Crippen LogP contribution in [0.3, 0.4) is 0 Å². The minimum atomic E-state index is -4.51. The normalized spacial score (nSPS) is 11.5. The second kappa shape index (κ2) is 7.96. The van der Waals surface area contributed by atoms with Crippen LogP contribution in [0.4, 0.5) is 19.0 Å². The molecule has 0 aliphatic heterocycles. The second-order valence-electron chi connectivity index (χ2n) is 5.53. The Morgan fingerprint density at radius 1 is 1.13 bits per heavy atom. The molecule has 3 N–H and O–H groups in total. The molecule has 0 aliphatic carbocycles. The van der Waals surface area contributed by atoms with Crippen molar-refractivity contribution in [2.45, 2.75) is 46.0 Å². The van der Waals surface area contributed by atoms with E-state index in [1.165, 1.54) is 12.3 Å². The van der Waals surface area contributed by atoms with Crippen molar-refractivity contribution in [1.82, 2.24) is 20.1 Å². The van der Waals surface area contributed by atoms with E-state index in [2.05, 4.69) is 43.1 Å². The molecule has 0 spiro atoms. The van der Waals surface area contributed by atoms with Crippen LogP contribution in [0.1, 0.15) is 33.4 Å². The Kier molecular flexibility index (Phi) is 6.56. The van der Waals surface area contributed by atoms with Gasteiger partial charge in [0.2, 0.25) is 0 Å². The molecule has 0 saturated heterocycles. The fourth-order valence-electron chi connectivity index (χ4n) is 1.86. The largest absolute Gasteiger partial charge is 0.435 e. The van der Waals surface area contributed by atoms with Gasteiger partial charge in [-0.3, -0.25) is 0 Å². The van der Waals surface area contributed by atoms with E-state index in [-0.39, 0.29) is 11.6 Å². The molecule has 8 heteroatoms. The SMILES string of the molecule is CC(C)NC(C)C.Nc1cc(C(F)(F)F)nn1-c1ccccn1. The summed E-state index contributed by atoms with van der Waals surface area (Å²) in [6.45, 7) is 8.61. The Labute approximate surface area is 133 Å². The quantitative estimate of drug-likeness (QED) is 0.907. The molecule has 0 radical (unpaired) electrons. The summed E-state index contributed by atoms with van der Waals surface area (Å²) in [6, 6.07) is 6.82. The van der Waals surface area contributed by atoms with E-state index in [9.17, 15) is 13.2 Å². The summed E-state index contributed by atoms with van der Waals surface area (Å²) in [5.41, 5.74) is 4.40. The first-order valence-corrected chi connectivity index (χ1v) is 7.21. The van der Waals surface area contributed by atoms with Gasteiger partial charge in [-0.15, -0.1) is 0 Å². The number of anilines is 1. The average Bonchev–Trinajstić information content (AvgIpc) is 2.81. The maximum atomic E-state index is 12.3. The van der Waals surface area contributed by atoms with Gasteiger partial charge < -0.3 is 11.1 Å². The van der Waals surface area contributed by atoms with E-state index in [0.29, 0.717) is 12.1 Å². The highest BCUT2D eigenvalue weighted by Gasteiger charge is 2.34. The number of nitrogens with zero attached hydrogens (tertiary/aromatic N) is 3. The molecule has 0 atom stereocenters. The van der Waals surface area contributed by atoms with Gasteiger partial charge in [0.1, 0.15) is 5.82 Å². The topological polar surface area (TPSA) is 68.8 Å². The Balaban J connectivity index is 0.000000322. The van der Waals surface area contributed by atoms with Gasteiger partial charge in [-0.2, -0.15) is 23.0 Å². The molecule has 128 valence electrons. The summed E-state index contributed by atoms with van der Waals surface area (Å²) < 4.78 is 38.0. The molecule has 0 fully saturated rings.